The molecule has 4 heteroatoms. The summed E-state index contributed by atoms with van der Waals surface area (Å²) in [4.78, 5) is 3.70. The van der Waals surface area contributed by atoms with Crippen molar-refractivity contribution in [3.8, 4) is 6.07 Å². The predicted octanol–water partition coefficient (Wildman–Crippen LogP) is 4.44. The van der Waals surface area contributed by atoms with Gasteiger partial charge in [-0.2, -0.15) is 5.26 Å². The molecule has 1 saturated carbocycles. The zero-order valence-electron chi connectivity index (χ0n) is 10.3. The lowest BCUT2D eigenvalue weighted by molar-refractivity contribution is 0.803. The maximum absolute atomic E-state index is 8.90. The van der Waals surface area contributed by atoms with Crippen LogP contribution in [0.5, 0.6) is 0 Å². The Hall–Kier alpha value is -1.50. The second-order valence-corrected chi connectivity index (χ2v) is 6.16. The molecule has 19 heavy (non-hydrogen) atoms. The average molecular weight is 289 g/mol. The number of hydrogen-bond acceptors (Lipinski definition) is 3. The Labute approximate surface area is 121 Å². The molecule has 1 aromatic heterocycles. The van der Waals surface area contributed by atoms with Gasteiger partial charge >= 0.3 is 0 Å². The largest absolute Gasteiger partial charge is 0.362 e. The molecule has 1 aromatic carbocycles. The number of halogens is 1. The van der Waals surface area contributed by atoms with Crippen LogP contribution in [0, 0.1) is 11.3 Å². The van der Waals surface area contributed by atoms with Crippen LogP contribution in [0.15, 0.2) is 35.7 Å². The fourth-order valence-electron chi connectivity index (χ4n) is 2.18. The molecule has 0 aliphatic heterocycles. The van der Waals surface area contributed by atoms with Crippen molar-refractivity contribution < 1.29 is 0 Å². The quantitative estimate of drug-likeness (QED) is 0.831. The third kappa shape index (κ3) is 2.75. The first-order chi connectivity index (χ1) is 9.28. The third-order valence-electron chi connectivity index (χ3n) is 3.28. The van der Waals surface area contributed by atoms with E-state index in [2.05, 4.69) is 28.5 Å². The Balaban J connectivity index is 1.90. The topological polar surface area (TPSA) is 27.0 Å². The first kappa shape index (κ1) is 12.5. The molecule has 3 rings (SSSR count). The van der Waals surface area contributed by atoms with E-state index in [1.807, 2.05) is 12.1 Å². The number of nitrogens with zero attached hydrogens (tertiary/aromatic N) is 2. The zero-order valence-corrected chi connectivity index (χ0v) is 11.9. The van der Waals surface area contributed by atoms with Gasteiger partial charge < -0.3 is 4.90 Å². The molecule has 96 valence electrons. The monoisotopic (exact) mass is 288 g/mol. The van der Waals surface area contributed by atoms with E-state index >= 15 is 0 Å². The Morgan fingerprint density at radius 1 is 1.37 bits per heavy atom. The van der Waals surface area contributed by atoms with Crippen molar-refractivity contribution in [3.63, 3.8) is 0 Å². The first-order valence-electron chi connectivity index (χ1n) is 6.26. The van der Waals surface area contributed by atoms with Crippen molar-refractivity contribution in [2.75, 3.05) is 4.90 Å². The zero-order chi connectivity index (χ0) is 13.2. The van der Waals surface area contributed by atoms with Crippen LogP contribution in [-0.4, -0.2) is 6.04 Å². The summed E-state index contributed by atoms with van der Waals surface area (Å²) in [5, 5.41) is 11.7. The molecule has 1 aliphatic carbocycles. The number of thiophene rings is 1. The van der Waals surface area contributed by atoms with Crippen LogP contribution in [-0.2, 0) is 6.54 Å². The summed E-state index contributed by atoms with van der Waals surface area (Å²) in [5.74, 6) is 0. The standard InChI is InChI=1S/C15H13ClN2S/c16-14-8-11(9-17)3-6-15(14)18(12-4-5-12)10-13-2-1-7-19-13/h1-3,6-8,12H,4-5,10H2. The molecule has 0 unspecified atom stereocenters. The van der Waals surface area contributed by atoms with Crippen molar-refractivity contribution in [3.05, 3.63) is 51.2 Å². The normalized spacial score (nSPS) is 14.1. The van der Waals surface area contributed by atoms with Crippen molar-refractivity contribution >= 4 is 28.6 Å². The van der Waals surface area contributed by atoms with Gasteiger partial charge in [-0.25, -0.2) is 0 Å². The number of anilines is 1. The number of benzene rings is 1. The molecule has 1 fully saturated rings. The van der Waals surface area contributed by atoms with Gasteiger partial charge in [-0.1, -0.05) is 17.7 Å². The van der Waals surface area contributed by atoms with E-state index in [1.165, 1.54) is 17.7 Å². The average Bonchev–Trinajstić information content (AvgIpc) is 3.14. The lowest BCUT2D eigenvalue weighted by Gasteiger charge is -2.25. The Morgan fingerprint density at radius 3 is 2.79 bits per heavy atom. The van der Waals surface area contributed by atoms with Gasteiger partial charge in [-0.15, -0.1) is 11.3 Å². The fourth-order valence-corrected chi connectivity index (χ4v) is 3.17. The van der Waals surface area contributed by atoms with Crippen LogP contribution < -0.4 is 4.90 Å². The number of hydrogen-bond donors (Lipinski definition) is 0. The SMILES string of the molecule is N#Cc1ccc(N(Cc2cccs2)C2CC2)c(Cl)c1. The highest BCUT2D eigenvalue weighted by Crippen LogP contribution is 2.37. The molecule has 2 aromatic rings. The summed E-state index contributed by atoms with van der Waals surface area (Å²) >= 11 is 8.09. The van der Waals surface area contributed by atoms with Gasteiger partial charge in [0.25, 0.3) is 0 Å². The van der Waals surface area contributed by atoms with E-state index in [0.29, 0.717) is 16.6 Å². The molecule has 1 heterocycles. The van der Waals surface area contributed by atoms with E-state index in [1.54, 1.807) is 17.4 Å². The summed E-state index contributed by atoms with van der Waals surface area (Å²) in [6, 6.07) is 12.5. The fraction of sp³-hybridized carbons (Fsp3) is 0.267. The minimum absolute atomic E-state index is 0.590. The second kappa shape index (κ2) is 5.24. The van der Waals surface area contributed by atoms with E-state index in [9.17, 15) is 0 Å². The summed E-state index contributed by atoms with van der Waals surface area (Å²) in [6.07, 6.45) is 2.45. The summed E-state index contributed by atoms with van der Waals surface area (Å²) in [6.45, 7) is 0.897. The van der Waals surface area contributed by atoms with Crippen LogP contribution >= 0.6 is 22.9 Å². The smallest absolute Gasteiger partial charge is 0.0992 e. The highest BCUT2D eigenvalue weighted by Gasteiger charge is 2.30. The maximum atomic E-state index is 8.90. The lowest BCUT2D eigenvalue weighted by atomic mass is 10.2. The van der Waals surface area contributed by atoms with E-state index in [-0.39, 0.29) is 0 Å². The van der Waals surface area contributed by atoms with Gasteiger partial charge in [0, 0.05) is 10.9 Å². The molecule has 2 nitrogen and oxygen atoms in total. The lowest BCUT2D eigenvalue weighted by Crippen LogP contribution is -2.24. The van der Waals surface area contributed by atoms with Gasteiger partial charge in [0.2, 0.25) is 0 Å². The molecular formula is C15H13ClN2S. The van der Waals surface area contributed by atoms with Crippen LogP contribution in [0.3, 0.4) is 0 Å². The molecule has 0 atom stereocenters. The van der Waals surface area contributed by atoms with E-state index in [0.717, 1.165) is 12.2 Å². The maximum Gasteiger partial charge on any atom is 0.0992 e. The highest BCUT2D eigenvalue weighted by molar-refractivity contribution is 7.09. The highest BCUT2D eigenvalue weighted by atomic mass is 35.5. The van der Waals surface area contributed by atoms with Crippen LogP contribution in [0.2, 0.25) is 5.02 Å². The molecule has 0 radical (unpaired) electrons. The molecule has 0 amide bonds. The molecule has 0 spiro atoms. The summed E-state index contributed by atoms with van der Waals surface area (Å²) in [7, 11) is 0. The Kier molecular flexibility index (Phi) is 3.46. The van der Waals surface area contributed by atoms with Crippen LogP contribution in [0.4, 0.5) is 5.69 Å². The molecule has 0 N–H and O–H groups in total. The van der Waals surface area contributed by atoms with E-state index < -0.39 is 0 Å². The molecule has 0 bridgehead atoms. The minimum atomic E-state index is 0.590. The van der Waals surface area contributed by atoms with Gasteiger partial charge in [-0.05, 0) is 42.5 Å². The van der Waals surface area contributed by atoms with E-state index in [4.69, 9.17) is 16.9 Å². The van der Waals surface area contributed by atoms with Crippen molar-refractivity contribution in [1.82, 2.24) is 0 Å². The third-order valence-corrected chi connectivity index (χ3v) is 4.44. The van der Waals surface area contributed by atoms with Gasteiger partial charge in [0.05, 0.1) is 28.9 Å². The minimum Gasteiger partial charge on any atom is -0.362 e. The second-order valence-electron chi connectivity index (χ2n) is 4.72. The summed E-state index contributed by atoms with van der Waals surface area (Å²) in [5.41, 5.74) is 1.65. The number of rotatable bonds is 4. The van der Waals surface area contributed by atoms with Crippen molar-refractivity contribution in [1.29, 1.82) is 5.26 Å². The van der Waals surface area contributed by atoms with Gasteiger partial charge in [0.15, 0.2) is 0 Å². The van der Waals surface area contributed by atoms with Crippen LogP contribution in [0.1, 0.15) is 23.3 Å². The van der Waals surface area contributed by atoms with Gasteiger partial charge in [-0.3, -0.25) is 0 Å². The molecule has 0 saturated heterocycles. The first-order valence-corrected chi connectivity index (χ1v) is 7.52. The molecular weight excluding hydrogens is 276 g/mol. The number of nitriles is 1. The molecule has 1 aliphatic rings. The van der Waals surface area contributed by atoms with Gasteiger partial charge in [0.1, 0.15) is 0 Å². The predicted molar refractivity (Wildman–Crippen MR) is 79.7 cm³/mol. The summed E-state index contributed by atoms with van der Waals surface area (Å²) < 4.78 is 0. The van der Waals surface area contributed by atoms with Crippen molar-refractivity contribution in [2.24, 2.45) is 0 Å². The van der Waals surface area contributed by atoms with Crippen molar-refractivity contribution in [2.45, 2.75) is 25.4 Å². The van der Waals surface area contributed by atoms with Crippen LogP contribution in [0.25, 0.3) is 0 Å². The Morgan fingerprint density at radius 2 is 2.21 bits per heavy atom. The Bertz CT molecular complexity index is 612.